The molecule has 0 aliphatic carbocycles. The fourth-order valence-corrected chi connectivity index (χ4v) is 2.52. The van der Waals surface area contributed by atoms with Gasteiger partial charge in [-0.2, -0.15) is 0 Å². The first-order valence-electron chi connectivity index (χ1n) is 9.85. The first-order chi connectivity index (χ1) is 14.7. The van der Waals surface area contributed by atoms with E-state index in [1.807, 2.05) is 0 Å². The summed E-state index contributed by atoms with van der Waals surface area (Å²) in [6.07, 6.45) is 1.81. The molecule has 0 heterocycles. The van der Waals surface area contributed by atoms with Crippen LogP contribution in [0.25, 0.3) is 0 Å². The fraction of sp³-hybridized carbons (Fsp3) is 0.706. The van der Waals surface area contributed by atoms with E-state index in [0.717, 1.165) is 0 Å². The van der Waals surface area contributed by atoms with Gasteiger partial charge in [0.05, 0.1) is 13.2 Å². The van der Waals surface area contributed by atoms with Crippen molar-refractivity contribution in [1.82, 2.24) is 16.0 Å². The number of nitrogens with zero attached hydrogens (tertiary/aromatic N) is 1. The molecule has 178 valence electrons. The largest absolute Gasteiger partial charge is 0.480 e. The minimum absolute atomic E-state index is 0.0759. The maximum absolute atomic E-state index is 12.7. The summed E-state index contributed by atoms with van der Waals surface area (Å²) in [5.41, 5.74) is 21.2. The molecule has 0 bridgehead atoms. The number of hydrogen-bond donors (Lipinski definition) is 9. The summed E-state index contributed by atoms with van der Waals surface area (Å²) in [6.45, 7) is -0.565. The van der Waals surface area contributed by atoms with Crippen molar-refractivity contribution in [1.29, 1.82) is 0 Å². The number of carbonyl (C=O) groups excluding carboxylic acids is 3. The number of aliphatic hydroxyl groups excluding tert-OH is 1. The lowest BCUT2D eigenvalue weighted by Gasteiger charge is -2.24. The van der Waals surface area contributed by atoms with Crippen LogP contribution in [0.2, 0.25) is 0 Å². The van der Waals surface area contributed by atoms with Gasteiger partial charge in [0.2, 0.25) is 17.7 Å². The highest BCUT2D eigenvalue weighted by molar-refractivity contribution is 5.93. The third kappa shape index (κ3) is 12.3. The number of aliphatic carboxylic acids is 1. The van der Waals surface area contributed by atoms with Crippen molar-refractivity contribution in [3.8, 4) is 0 Å². The third-order valence-corrected chi connectivity index (χ3v) is 4.16. The zero-order valence-electron chi connectivity index (χ0n) is 17.4. The Morgan fingerprint density at radius 3 is 1.87 bits per heavy atom. The van der Waals surface area contributed by atoms with Gasteiger partial charge in [-0.3, -0.25) is 19.4 Å². The molecule has 0 aromatic carbocycles. The number of nitrogens with one attached hydrogen (secondary N) is 3. The SMILES string of the molecule is NCCCC[C@H](NC(=O)CN)C(=O)N[C@@H](CCCN=C(N)N)C(=O)N[C@@H](CO)C(=O)O. The highest BCUT2D eigenvalue weighted by atomic mass is 16.4. The van der Waals surface area contributed by atoms with E-state index >= 15 is 0 Å². The fourth-order valence-electron chi connectivity index (χ4n) is 2.52. The second-order valence-corrected chi connectivity index (χ2v) is 6.70. The van der Waals surface area contributed by atoms with Crippen LogP contribution in [-0.4, -0.2) is 84.2 Å². The molecule has 0 saturated carbocycles. The van der Waals surface area contributed by atoms with Crippen LogP contribution in [0.3, 0.4) is 0 Å². The van der Waals surface area contributed by atoms with Gasteiger partial charge in [0.1, 0.15) is 18.1 Å². The Balaban J connectivity index is 5.32. The molecule has 14 heteroatoms. The highest BCUT2D eigenvalue weighted by Gasteiger charge is 2.28. The van der Waals surface area contributed by atoms with Gasteiger partial charge in [0, 0.05) is 6.54 Å². The number of guanidine groups is 1. The van der Waals surface area contributed by atoms with Gasteiger partial charge in [-0.15, -0.1) is 0 Å². The number of rotatable bonds is 16. The van der Waals surface area contributed by atoms with Crippen LogP contribution in [0.5, 0.6) is 0 Å². The summed E-state index contributed by atoms with van der Waals surface area (Å²) in [4.78, 5) is 51.8. The summed E-state index contributed by atoms with van der Waals surface area (Å²) >= 11 is 0. The maximum atomic E-state index is 12.7. The first kappa shape index (κ1) is 28.0. The van der Waals surface area contributed by atoms with E-state index in [-0.39, 0.29) is 31.9 Å². The molecule has 14 nitrogen and oxygen atoms in total. The van der Waals surface area contributed by atoms with Gasteiger partial charge in [0.25, 0.3) is 0 Å². The molecule has 31 heavy (non-hydrogen) atoms. The molecule has 0 aromatic rings. The number of aliphatic hydroxyl groups is 1. The highest BCUT2D eigenvalue weighted by Crippen LogP contribution is 2.05. The summed E-state index contributed by atoms with van der Waals surface area (Å²) in [5.74, 6) is -3.58. The average Bonchev–Trinajstić information content (AvgIpc) is 2.72. The Hall–Kier alpha value is -2.97. The molecule has 3 atom stereocenters. The second-order valence-electron chi connectivity index (χ2n) is 6.70. The van der Waals surface area contributed by atoms with Crippen molar-refractivity contribution >= 4 is 29.7 Å². The normalized spacial score (nSPS) is 13.4. The van der Waals surface area contributed by atoms with Crippen LogP contribution in [0.1, 0.15) is 32.1 Å². The van der Waals surface area contributed by atoms with Gasteiger partial charge in [0.15, 0.2) is 5.96 Å². The van der Waals surface area contributed by atoms with Crippen LogP contribution in [0.15, 0.2) is 4.99 Å². The van der Waals surface area contributed by atoms with E-state index in [2.05, 4.69) is 20.9 Å². The molecule has 0 radical (unpaired) electrons. The van der Waals surface area contributed by atoms with E-state index in [0.29, 0.717) is 25.8 Å². The molecular weight excluding hydrogens is 412 g/mol. The van der Waals surface area contributed by atoms with Crippen molar-refractivity contribution in [2.45, 2.75) is 50.2 Å². The quantitative estimate of drug-likeness (QED) is 0.0624. The van der Waals surface area contributed by atoms with E-state index < -0.39 is 48.4 Å². The first-order valence-corrected chi connectivity index (χ1v) is 9.85. The zero-order chi connectivity index (χ0) is 23.8. The smallest absolute Gasteiger partial charge is 0.328 e. The lowest BCUT2D eigenvalue weighted by Crippen LogP contribution is -2.56. The lowest BCUT2D eigenvalue weighted by atomic mass is 10.1. The number of unbranched alkanes of at least 4 members (excludes halogenated alkanes) is 1. The lowest BCUT2D eigenvalue weighted by molar-refractivity contribution is -0.143. The summed E-state index contributed by atoms with van der Waals surface area (Å²) in [6, 6.07) is -3.65. The van der Waals surface area contributed by atoms with Gasteiger partial charge in [-0.1, -0.05) is 0 Å². The van der Waals surface area contributed by atoms with Gasteiger partial charge >= 0.3 is 5.97 Å². The Morgan fingerprint density at radius 2 is 1.39 bits per heavy atom. The number of hydrogen-bond acceptors (Lipinski definition) is 8. The van der Waals surface area contributed by atoms with Crippen LogP contribution >= 0.6 is 0 Å². The number of nitrogens with two attached hydrogens (primary N) is 4. The van der Waals surface area contributed by atoms with Crippen molar-refractivity contribution in [3.63, 3.8) is 0 Å². The molecular formula is C17H34N8O6. The molecule has 0 spiro atoms. The molecule has 0 fully saturated rings. The standard InChI is InChI=1S/C17H34N8O6/c18-6-2-1-4-10(23-13(27)8-19)14(28)24-11(5-3-7-22-17(20)21)15(29)25-12(9-26)16(30)31/h10-12,26H,1-9,18-19H2,(H,23,27)(H,24,28)(H,25,29)(H,30,31)(H4,20,21,22)/t10-,11-,12-/m0/s1. The van der Waals surface area contributed by atoms with Crippen LogP contribution in [0.4, 0.5) is 0 Å². The van der Waals surface area contributed by atoms with Crippen molar-refractivity contribution in [2.75, 3.05) is 26.2 Å². The predicted octanol–water partition coefficient (Wildman–Crippen LogP) is -4.34. The molecule has 0 aliphatic heterocycles. The Morgan fingerprint density at radius 1 is 0.839 bits per heavy atom. The van der Waals surface area contributed by atoms with Crippen LogP contribution in [-0.2, 0) is 19.2 Å². The molecule has 0 unspecified atom stereocenters. The van der Waals surface area contributed by atoms with E-state index in [9.17, 15) is 19.2 Å². The minimum atomic E-state index is -1.54. The molecule has 0 rings (SSSR count). The summed E-state index contributed by atoms with van der Waals surface area (Å²) in [7, 11) is 0. The Labute approximate surface area is 180 Å². The van der Waals surface area contributed by atoms with Crippen molar-refractivity contribution in [3.05, 3.63) is 0 Å². The number of carboxylic acids is 1. The zero-order valence-corrected chi connectivity index (χ0v) is 17.4. The number of aliphatic imine (C=N–C) groups is 1. The van der Waals surface area contributed by atoms with Gasteiger partial charge < -0.3 is 49.1 Å². The molecule has 3 amide bonds. The minimum Gasteiger partial charge on any atom is -0.480 e. The van der Waals surface area contributed by atoms with Crippen molar-refractivity contribution < 1.29 is 29.4 Å². The molecule has 0 aromatic heterocycles. The summed E-state index contributed by atoms with van der Waals surface area (Å²) < 4.78 is 0. The number of carbonyl (C=O) groups is 4. The van der Waals surface area contributed by atoms with E-state index in [1.165, 1.54) is 0 Å². The predicted molar refractivity (Wildman–Crippen MR) is 112 cm³/mol. The van der Waals surface area contributed by atoms with Crippen LogP contribution in [0, 0.1) is 0 Å². The number of amides is 3. The van der Waals surface area contributed by atoms with Crippen molar-refractivity contribution in [2.24, 2.45) is 27.9 Å². The molecule has 0 saturated heterocycles. The number of carboxylic acid groups (broad SMARTS) is 1. The van der Waals surface area contributed by atoms with Crippen LogP contribution < -0.4 is 38.9 Å². The third-order valence-electron chi connectivity index (χ3n) is 4.16. The monoisotopic (exact) mass is 446 g/mol. The van der Waals surface area contributed by atoms with E-state index in [1.54, 1.807) is 0 Å². The second kappa shape index (κ2) is 15.8. The molecule has 13 N–H and O–H groups in total. The topological polar surface area (TPSA) is 261 Å². The summed E-state index contributed by atoms with van der Waals surface area (Å²) in [5, 5.41) is 25.3. The van der Waals surface area contributed by atoms with E-state index in [4.69, 9.17) is 33.1 Å². The molecule has 0 aliphatic rings. The Kier molecular flexibility index (Phi) is 14.3. The maximum Gasteiger partial charge on any atom is 0.328 e. The Bertz CT molecular complexity index is 626. The van der Waals surface area contributed by atoms with Gasteiger partial charge in [-0.05, 0) is 38.6 Å². The average molecular weight is 447 g/mol. The van der Waals surface area contributed by atoms with Gasteiger partial charge in [-0.25, -0.2) is 4.79 Å².